The molecule has 4 heteroatoms. The smallest absolute Gasteiger partial charge is 0.290 e. The Morgan fingerprint density at radius 3 is 2.92 bits per heavy atom. The molecule has 13 heavy (non-hydrogen) atoms. The van der Waals surface area contributed by atoms with E-state index in [1.54, 1.807) is 12.4 Å². The van der Waals surface area contributed by atoms with Crippen molar-refractivity contribution in [3.63, 3.8) is 0 Å². The molecule has 1 fully saturated rings. The molecule has 1 aromatic rings. The zero-order valence-corrected chi connectivity index (χ0v) is 7.42. The van der Waals surface area contributed by atoms with E-state index < -0.39 is 0 Å². The lowest BCUT2D eigenvalue weighted by Crippen LogP contribution is -2.22. The van der Waals surface area contributed by atoms with Gasteiger partial charge in [0.15, 0.2) is 5.82 Å². The van der Waals surface area contributed by atoms with Crippen LogP contribution in [0.25, 0.3) is 0 Å². The Kier molecular flexibility index (Phi) is 2.29. The fraction of sp³-hybridized carbons (Fsp3) is 0.556. The largest absolute Gasteiger partial charge is 0.363 e. The predicted molar refractivity (Wildman–Crippen MR) is 50.7 cm³/mol. The Balaban J connectivity index is 2.08. The zero-order valence-electron chi connectivity index (χ0n) is 7.42. The van der Waals surface area contributed by atoms with Crippen molar-refractivity contribution in [1.82, 2.24) is 9.97 Å². The van der Waals surface area contributed by atoms with Gasteiger partial charge in [-0.1, -0.05) is 12.8 Å². The van der Waals surface area contributed by atoms with Crippen molar-refractivity contribution in [3.05, 3.63) is 22.7 Å². The number of hydrogen-bond donors (Lipinski definition) is 2. The molecular formula is C9H13N3O. The average Bonchev–Trinajstić information content (AvgIpc) is 2.61. The summed E-state index contributed by atoms with van der Waals surface area (Å²) in [4.78, 5) is 17.8. The molecule has 1 aliphatic rings. The fourth-order valence-electron chi connectivity index (χ4n) is 1.72. The third kappa shape index (κ3) is 1.88. The van der Waals surface area contributed by atoms with Crippen LogP contribution in [0.5, 0.6) is 0 Å². The summed E-state index contributed by atoms with van der Waals surface area (Å²) in [6.45, 7) is 0. The highest BCUT2D eigenvalue weighted by Crippen LogP contribution is 2.19. The Morgan fingerprint density at radius 1 is 1.46 bits per heavy atom. The van der Waals surface area contributed by atoms with E-state index in [0.717, 1.165) is 12.8 Å². The Hall–Kier alpha value is -1.32. The van der Waals surface area contributed by atoms with Crippen LogP contribution in [0.3, 0.4) is 0 Å². The summed E-state index contributed by atoms with van der Waals surface area (Å²) in [7, 11) is 0. The Labute approximate surface area is 76.4 Å². The van der Waals surface area contributed by atoms with Gasteiger partial charge in [0.25, 0.3) is 5.56 Å². The number of H-pyrrole nitrogens is 1. The van der Waals surface area contributed by atoms with E-state index in [1.807, 2.05) is 0 Å². The maximum absolute atomic E-state index is 11.2. The van der Waals surface area contributed by atoms with Crippen molar-refractivity contribution in [2.24, 2.45) is 0 Å². The average molecular weight is 179 g/mol. The summed E-state index contributed by atoms with van der Waals surface area (Å²) in [5, 5.41) is 3.15. The second kappa shape index (κ2) is 3.60. The second-order valence-electron chi connectivity index (χ2n) is 3.39. The molecule has 0 amide bonds. The van der Waals surface area contributed by atoms with Crippen LogP contribution in [0.1, 0.15) is 25.7 Å². The molecule has 2 rings (SSSR count). The van der Waals surface area contributed by atoms with Crippen molar-refractivity contribution in [2.75, 3.05) is 5.32 Å². The van der Waals surface area contributed by atoms with E-state index in [2.05, 4.69) is 15.3 Å². The predicted octanol–water partition coefficient (Wildman–Crippen LogP) is 1.12. The van der Waals surface area contributed by atoms with Gasteiger partial charge in [-0.25, -0.2) is 4.98 Å². The minimum atomic E-state index is -0.130. The molecule has 70 valence electrons. The maximum Gasteiger partial charge on any atom is 0.290 e. The maximum atomic E-state index is 11.2. The molecule has 0 atom stereocenters. The summed E-state index contributed by atoms with van der Waals surface area (Å²) < 4.78 is 0. The standard InChI is InChI=1S/C9H13N3O/c13-9-8(10-5-6-11-9)12-7-3-1-2-4-7/h5-7H,1-4H2,(H,10,12)(H,11,13). The molecule has 0 unspecified atom stereocenters. The number of rotatable bonds is 2. The summed E-state index contributed by atoms with van der Waals surface area (Å²) in [6, 6.07) is 0.441. The van der Waals surface area contributed by atoms with Gasteiger partial charge in [0.1, 0.15) is 0 Å². The second-order valence-corrected chi connectivity index (χ2v) is 3.39. The molecule has 0 saturated heterocycles. The van der Waals surface area contributed by atoms with Crippen LogP contribution in [0, 0.1) is 0 Å². The number of aromatic amines is 1. The third-order valence-corrected chi connectivity index (χ3v) is 2.40. The molecule has 0 spiro atoms. The van der Waals surface area contributed by atoms with Crippen LogP contribution in [0.15, 0.2) is 17.2 Å². The lowest BCUT2D eigenvalue weighted by Gasteiger charge is -2.10. The lowest BCUT2D eigenvalue weighted by molar-refractivity contribution is 0.747. The summed E-state index contributed by atoms with van der Waals surface area (Å²) in [5.41, 5.74) is -0.130. The topological polar surface area (TPSA) is 57.8 Å². The number of aromatic nitrogens is 2. The molecule has 0 aliphatic heterocycles. The highest BCUT2D eigenvalue weighted by atomic mass is 16.1. The van der Waals surface area contributed by atoms with Crippen molar-refractivity contribution < 1.29 is 0 Å². The van der Waals surface area contributed by atoms with Gasteiger partial charge in [0.2, 0.25) is 0 Å². The van der Waals surface area contributed by atoms with Crippen molar-refractivity contribution in [1.29, 1.82) is 0 Å². The van der Waals surface area contributed by atoms with Gasteiger partial charge < -0.3 is 10.3 Å². The molecule has 1 aromatic heterocycles. The van der Waals surface area contributed by atoms with Crippen LogP contribution in [-0.4, -0.2) is 16.0 Å². The molecule has 1 aliphatic carbocycles. The summed E-state index contributed by atoms with van der Waals surface area (Å²) in [6.07, 6.45) is 7.94. The number of nitrogens with one attached hydrogen (secondary N) is 2. The van der Waals surface area contributed by atoms with Crippen LogP contribution in [0.4, 0.5) is 5.82 Å². The molecule has 1 saturated carbocycles. The monoisotopic (exact) mass is 179 g/mol. The van der Waals surface area contributed by atoms with E-state index in [9.17, 15) is 4.79 Å². The lowest BCUT2D eigenvalue weighted by atomic mass is 10.2. The van der Waals surface area contributed by atoms with E-state index in [0.29, 0.717) is 11.9 Å². The molecule has 4 nitrogen and oxygen atoms in total. The van der Waals surface area contributed by atoms with Crippen LogP contribution in [0.2, 0.25) is 0 Å². The van der Waals surface area contributed by atoms with E-state index in [4.69, 9.17) is 0 Å². The van der Waals surface area contributed by atoms with Crippen LogP contribution < -0.4 is 10.9 Å². The van der Waals surface area contributed by atoms with E-state index in [1.165, 1.54) is 12.8 Å². The fourth-order valence-corrected chi connectivity index (χ4v) is 1.72. The number of hydrogen-bond acceptors (Lipinski definition) is 3. The van der Waals surface area contributed by atoms with E-state index >= 15 is 0 Å². The molecule has 2 N–H and O–H groups in total. The molecule has 0 bridgehead atoms. The number of anilines is 1. The van der Waals surface area contributed by atoms with Gasteiger partial charge in [0.05, 0.1) is 0 Å². The van der Waals surface area contributed by atoms with Gasteiger partial charge in [-0.05, 0) is 12.8 Å². The first kappa shape index (κ1) is 8.29. The molecule has 0 radical (unpaired) electrons. The summed E-state index contributed by atoms with van der Waals surface area (Å²) in [5.74, 6) is 0.453. The first-order chi connectivity index (χ1) is 6.36. The Bertz CT molecular complexity index is 328. The highest BCUT2D eigenvalue weighted by molar-refractivity contribution is 5.31. The first-order valence-electron chi connectivity index (χ1n) is 4.66. The van der Waals surface area contributed by atoms with Gasteiger partial charge >= 0.3 is 0 Å². The van der Waals surface area contributed by atoms with Crippen molar-refractivity contribution in [2.45, 2.75) is 31.7 Å². The SMILES string of the molecule is O=c1[nH]ccnc1NC1CCCC1. The van der Waals surface area contributed by atoms with E-state index in [-0.39, 0.29) is 5.56 Å². The van der Waals surface area contributed by atoms with Gasteiger partial charge in [-0.3, -0.25) is 4.79 Å². The van der Waals surface area contributed by atoms with Crippen molar-refractivity contribution >= 4 is 5.82 Å². The minimum absolute atomic E-state index is 0.130. The van der Waals surface area contributed by atoms with Gasteiger partial charge in [-0.15, -0.1) is 0 Å². The normalized spacial score (nSPS) is 17.5. The number of nitrogens with zero attached hydrogens (tertiary/aromatic N) is 1. The first-order valence-corrected chi connectivity index (χ1v) is 4.66. The minimum Gasteiger partial charge on any atom is -0.363 e. The van der Waals surface area contributed by atoms with Crippen molar-refractivity contribution in [3.8, 4) is 0 Å². The highest BCUT2D eigenvalue weighted by Gasteiger charge is 2.15. The van der Waals surface area contributed by atoms with Crippen LogP contribution >= 0.6 is 0 Å². The molecule has 1 heterocycles. The zero-order chi connectivity index (χ0) is 9.10. The summed E-state index contributed by atoms with van der Waals surface area (Å²) >= 11 is 0. The quantitative estimate of drug-likeness (QED) is 0.715. The van der Waals surface area contributed by atoms with Gasteiger partial charge in [-0.2, -0.15) is 0 Å². The van der Waals surface area contributed by atoms with Gasteiger partial charge in [0, 0.05) is 18.4 Å². The molecular weight excluding hydrogens is 166 g/mol. The Morgan fingerprint density at radius 2 is 2.23 bits per heavy atom. The van der Waals surface area contributed by atoms with Crippen LogP contribution in [-0.2, 0) is 0 Å². The molecule has 0 aromatic carbocycles. The third-order valence-electron chi connectivity index (χ3n) is 2.40.